The zero-order valence-electron chi connectivity index (χ0n) is 9.34. The molecule has 0 atom stereocenters. The van der Waals surface area contributed by atoms with Crippen LogP contribution in [0.3, 0.4) is 0 Å². The summed E-state index contributed by atoms with van der Waals surface area (Å²) in [5.41, 5.74) is 3.15. The second-order valence-corrected chi connectivity index (χ2v) is 3.96. The van der Waals surface area contributed by atoms with Crippen LogP contribution in [0.1, 0.15) is 5.56 Å². The Labute approximate surface area is 98.3 Å². The van der Waals surface area contributed by atoms with Crippen LogP contribution in [0.25, 0.3) is 22.6 Å². The molecule has 3 aromatic rings. The summed E-state index contributed by atoms with van der Waals surface area (Å²) in [6.45, 7) is 2.00. The van der Waals surface area contributed by atoms with Gasteiger partial charge >= 0.3 is 0 Å². The van der Waals surface area contributed by atoms with E-state index in [1.165, 1.54) is 0 Å². The normalized spacial score (nSPS) is 10.9. The standard InChI is InChI=1S/C14H11NO2/c1-9-5-2-3-6-10(9)14-15-13-11(16)7-4-8-12(13)17-14/h2-8,16H,1H3. The van der Waals surface area contributed by atoms with E-state index in [1.807, 2.05) is 31.2 Å². The van der Waals surface area contributed by atoms with Crippen molar-refractivity contribution in [2.75, 3.05) is 0 Å². The highest BCUT2D eigenvalue weighted by molar-refractivity contribution is 5.82. The number of hydrogen-bond acceptors (Lipinski definition) is 3. The van der Waals surface area contributed by atoms with Crippen LogP contribution in [-0.4, -0.2) is 10.1 Å². The Morgan fingerprint density at radius 1 is 1.06 bits per heavy atom. The number of oxazole rings is 1. The summed E-state index contributed by atoms with van der Waals surface area (Å²) in [4.78, 5) is 4.33. The predicted octanol–water partition coefficient (Wildman–Crippen LogP) is 3.51. The van der Waals surface area contributed by atoms with Crippen molar-refractivity contribution in [2.24, 2.45) is 0 Å². The summed E-state index contributed by atoms with van der Waals surface area (Å²) in [6, 6.07) is 13.0. The Bertz CT molecular complexity index is 686. The molecule has 0 saturated heterocycles. The number of aryl methyl sites for hydroxylation is 1. The largest absolute Gasteiger partial charge is 0.506 e. The van der Waals surface area contributed by atoms with Crippen molar-refractivity contribution in [3.8, 4) is 17.2 Å². The van der Waals surface area contributed by atoms with E-state index < -0.39 is 0 Å². The second kappa shape index (κ2) is 3.63. The first-order valence-electron chi connectivity index (χ1n) is 5.40. The molecule has 17 heavy (non-hydrogen) atoms. The molecule has 0 aliphatic carbocycles. The molecule has 3 nitrogen and oxygen atoms in total. The van der Waals surface area contributed by atoms with E-state index in [0.29, 0.717) is 17.0 Å². The third-order valence-corrected chi connectivity index (χ3v) is 2.77. The lowest BCUT2D eigenvalue weighted by Gasteiger charge is -1.98. The lowest BCUT2D eigenvalue weighted by Crippen LogP contribution is -1.81. The SMILES string of the molecule is Cc1ccccc1-c1nc2c(O)cccc2o1. The first-order chi connectivity index (χ1) is 8.25. The molecule has 0 bridgehead atoms. The fraction of sp³-hybridized carbons (Fsp3) is 0.0714. The van der Waals surface area contributed by atoms with Crippen molar-refractivity contribution in [3.05, 3.63) is 48.0 Å². The molecule has 1 aromatic heterocycles. The molecule has 84 valence electrons. The average Bonchev–Trinajstić information content (AvgIpc) is 2.75. The fourth-order valence-corrected chi connectivity index (χ4v) is 1.86. The van der Waals surface area contributed by atoms with E-state index in [1.54, 1.807) is 18.2 Å². The summed E-state index contributed by atoms with van der Waals surface area (Å²) in [5, 5.41) is 9.68. The zero-order valence-corrected chi connectivity index (χ0v) is 9.34. The van der Waals surface area contributed by atoms with Crippen LogP contribution in [0.4, 0.5) is 0 Å². The van der Waals surface area contributed by atoms with Gasteiger partial charge in [-0.1, -0.05) is 24.3 Å². The number of aromatic hydroxyl groups is 1. The summed E-state index contributed by atoms with van der Waals surface area (Å²) in [6.07, 6.45) is 0. The molecule has 0 amide bonds. The number of rotatable bonds is 1. The first kappa shape index (κ1) is 9.90. The predicted molar refractivity (Wildman–Crippen MR) is 65.8 cm³/mol. The van der Waals surface area contributed by atoms with Crippen molar-refractivity contribution < 1.29 is 9.52 Å². The second-order valence-electron chi connectivity index (χ2n) is 3.96. The number of aromatic nitrogens is 1. The van der Waals surface area contributed by atoms with Crippen LogP contribution in [0, 0.1) is 6.92 Å². The van der Waals surface area contributed by atoms with Crippen LogP contribution in [0.15, 0.2) is 46.9 Å². The number of benzene rings is 2. The Balaban J connectivity index is 2.26. The molecule has 0 aliphatic rings. The maximum Gasteiger partial charge on any atom is 0.227 e. The zero-order chi connectivity index (χ0) is 11.8. The minimum absolute atomic E-state index is 0.145. The van der Waals surface area contributed by atoms with Gasteiger partial charge in [0.05, 0.1) is 0 Å². The molecule has 0 spiro atoms. The fourth-order valence-electron chi connectivity index (χ4n) is 1.86. The van der Waals surface area contributed by atoms with Crippen molar-refractivity contribution in [1.82, 2.24) is 4.98 Å². The van der Waals surface area contributed by atoms with Gasteiger partial charge in [0, 0.05) is 5.56 Å². The Morgan fingerprint density at radius 3 is 2.65 bits per heavy atom. The molecule has 0 unspecified atom stereocenters. The van der Waals surface area contributed by atoms with Gasteiger partial charge in [0.1, 0.15) is 5.75 Å². The summed E-state index contributed by atoms with van der Waals surface area (Å²) < 4.78 is 5.64. The van der Waals surface area contributed by atoms with Crippen LogP contribution in [0.2, 0.25) is 0 Å². The van der Waals surface area contributed by atoms with Crippen LogP contribution < -0.4 is 0 Å². The molecule has 1 N–H and O–H groups in total. The number of fused-ring (bicyclic) bond motifs is 1. The van der Waals surface area contributed by atoms with Crippen LogP contribution in [-0.2, 0) is 0 Å². The molecule has 1 heterocycles. The highest BCUT2D eigenvalue weighted by Gasteiger charge is 2.11. The number of nitrogens with zero attached hydrogens (tertiary/aromatic N) is 1. The molecule has 3 heteroatoms. The maximum atomic E-state index is 9.68. The van der Waals surface area contributed by atoms with Gasteiger partial charge in [-0.15, -0.1) is 0 Å². The minimum Gasteiger partial charge on any atom is -0.506 e. The molecule has 0 saturated carbocycles. The van der Waals surface area contributed by atoms with Crippen molar-refractivity contribution in [2.45, 2.75) is 6.92 Å². The van der Waals surface area contributed by atoms with E-state index in [4.69, 9.17) is 4.42 Å². The topological polar surface area (TPSA) is 46.3 Å². The average molecular weight is 225 g/mol. The lowest BCUT2D eigenvalue weighted by molar-refractivity contribution is 0.480. The highest BCUT2D eigenvalue weighted by atomic mass is 16.3. The number of para-hydroxylation sites is 1. The van der Waals surface area contributed by atoms with E-state index in [-0.39, 0.29) is 5.75 Å². The lowest BCUT2D eigenvalue weighted by atomic mass is 10.1. The number of hydrogen-bond donors (Lipinski definition) is 1. The van der Waals surface area contributed by atoms with Gasteiger partial charge < -0.3 is 9.52 Å². The van der Waals surface area contributed by atoms with Gasteiger partial charge in [-0.05, 0) is 30.7 Å². The third kappa shape index (κ3) is 1.56. The summed E-state index contributed by atoms with van der Waals surface area (Å²) in [7, 11) is 0. The van der Waals surface area contributed by atoms with E-state index >= 15 is 0 Å². The van der Waals surface area contributed by atoms with E-state index in [0.717, 1.165) is 11.1 Å². The molecule has 0 aliphatic heterocycles. The van der Waals surface area contributed by atoms with Gasteiger partial charge in [0.15, 0.2) is 11.1 Å². The van der Waals surface area contributed by atoms with Crippen molar-refractivity contribution in [3.63, 3.8) is 0 Å². The van der Waals surface area contributed by atoms with Crippen LogP contribution >= 0.6 is 0 Å². The first-order valence-corrected chi connectivity index (χ1v) is 5.40. The number of phenolic OH excluding ortho intramolecular Hbond substituents is 1. The molecular formula is C14H11NO2. The Morgan fingerprint density at radius 2 is 1.88 bits per heavy atom. The Hall–Kier alpha value is -2.29. The molecular weight excluding hydrogens is 214 g/mol. The van der Waals surface area contributed by atoms with E-state index in [9.17, 15) is 5.11 Å². The third-order valence-electron chi connectivity index (χ3n) is 2.77. The molecule has 0 fully saturated rings. The monoisotopic (exact) mass is 225 g/mol. The van der Waals surface area contributed by atoms with Gasteiger partial charge in [-0.25, -0.2) is 4.98 Å². The van der Waals surface area contributed by atoms with Gasteiger partial charge in [-0.3, -0.25) is 0 Å². The summed E-state index contributed by atoms with van der Waals surface area (Å²) >= 11 is 0. The smallest absolute Gasteiger partial charge is 0.227 e. The maximum absolute atomic E-state index is 9.68. The van der Waals surface area contributed by atoms with Crippen molar-refractivity contribution >= 4 is 11.1 Å². The quantitative estimate of drug-likeness (QED) is 0.689. The molecule has 0 radical (unpaired) electrons. The van der Waals surface area contributed by atoms with E-state index in [2.05, 4.69) is 4.98 Å². The summed E-state index contributed by atoms with van der Waals surface area (Å²) in [5.74, 6) is 0.686. The minimum atomic E-state index is 0.145. The number of phenols is 1. The van der Waals surface area contributed by atoms with Crippen LogP contribution in [0.5, 0.6) is 5.75 Å². The molecule has 2 aromatic carbocycles. The van der Waals surface area contributed by atoms with Gasteiger partial charge in [0.2, 0.25) is 5.89 Å². The molecule has 3 rings (SSSR count). The van der Waals surface area contributed by atoms with Gasteiger partial charge in [-0.2, -0.15) is 0 Å². The van der Waals surface area contributed by atoms with Gasteiger partial charge in [0.25, 0.3) is 0 Å². The Kier molecular flexibility index (Phi) is 2.11. The van der Waals surface area contributed by atoms with Crippen molar-refractivity contribution in [1.29, 1.82) is 0 Å². The highest BCUT2D eigenvalue weighted by Crippen LogP contribution is 2.30.